The molecule has 3 heterocycles. The summed E-state index contributed by atoms with van der Waals surface area (Å²) in [5, 5.41) is 4.41. The minimum atomic E-state index is -0.707. The van der Waals surface area contributed by atoms with Crippen LogP contribution in [0.15, 0.2) is 42.7 Å². The first-order valence-electron chi connectivity index (χ1n) is 12.0. The fraction of sp³-hybridized carbons (Fsp3) is 0.462. The van der Waals surface area contributed by atoms with Gasteiger partial charge in [-0.05, 0) is 65.3 Å². The summed E-state index contributed by atoms with van der Waals surface area (Å²) in [5.74, 6) is 1.06. The number of fused-ring (bicyclic) bond motifs is 4. The Morgan fingerprint density at radius 1 is 0.944 bits per heavy atom. The molecule has 0 unspecified atom stereocenters. The average molecular weight is 496 g/mol. The van der Waals surface area contributed by atoms with Crippen LogP contribution in [0.3, 0.4) is 0 Å². The summed E-state index contributed by atoms with van der Waals surface area (Å²) in [6.07, 6.45) is 2.43. The van der Waals surface area contributed by atoms with Gasteiger partial charge in [0.05, 0.1) is 12.7 Å². The van der Waals surface area contributed by atoms with Crippen molar-refractivity contribution >= 4 is 23.7 Å². The summed E-state index contributed by atoms with van der Waals surface area (Å²) >= 11 is 0. The second kappa shape index (κ2) is 9.67. The highest BCUT2D eigenvalue weighted by molar-refractivity contribution is 5.88. The molecule has 0 spiro atoms. The molecule has 0 atom stereocenters. The lowest BCUT2D eigenvalue weighted by atomic mass is 10.1. The summed E-state index contributed by atoms with van der Waals surface area (Å²) in [7, 11) is 0. The minimum Gasteiger partial charge on any atom is -0.492 e. The second-order valence-electron chi connectivity index (χ2n) is 10.6. The maximum atomic E-state index is 13.2. The molecule has 2 aromatic heterocycles. The van der Waals surface area contributed by atoms with E-state index in [1.807, 2.05) is 45.0 Å². The van der Waals surface area contributed by atoms with Gasteiger partial charge in [0.2, 0.25) is 0 Å². The number of amides is 2. The summed E-state index contributed by atoms with van der Waals surface area (Å²) < 4.78 is 18.9. The molecule has 1 aliphatic rings. The molecule has 10 heteroatoms. The Kier molecular flexibility index (Phi) is 6.79. The lowest BCUT2D eigenvalue weighted by molar-refractivity contribution is 0.0225. The molecule has 0 saturated carbocycles. The van der Waals surface area contributed by atoms with Crippen molar-refractivity contribution in [1.29, 1.82) is 0 Å². The Morgan fingerprint density at radius 2 is 1.67 bits per heavy atom. The molecule has 10 nitrogen and oxygen atoms in total. The predicted molar refractivity (Wildman–Crippen MR) is 135 cm³/mol. The zero-order valence-corrected chi connectivity index (χ0v) is 21.6. The van der Waals surface area contributed by atoms with E-state index in [0.29, 0.717) is 17.2 Å². The Morgan fingerprint density at radius 3 is 2.39 bits per heavy atom. The molecule has 3 aromatic rings. The van der Waals surface area contributed by atoms with Crippen LogP contribution in [0.4, 0.5) is 15.4 Å². The standard InChI is InChI=1S/C26H33N5O5/c1-25(2,3)35-23(32)29-12-13-30(24(33)36-26(4,5)6)21-10-11-31-22(28-21)20(17-27-31)18-8-7-9-19(16-18)34-15-14-29/h7-11,16-17H,12-15H2,1-6H3. The molecular weight excluding hydrogens is 462 g/mol. The first-order chi connectivity index (χ1) is 16.9. The highest BCUT2D eigenvalue weighted by Gasteiger charge is 2.28. The molecule has 0 N–H and O–H groups in total. The Bertz CT molecular complexity index is 1260. The second-order valence-corrected chi connectivity index (χ2v) is 10.6. The van der Waals surface area contributed by atoms with Gasteiger partial charge < -0.3 is 19.1 Å². The van der Waals surface area contributed by atoms with E-state index in [2.05, 4.69) is 5.10 Å². The molecule has 36 heavy (non-hydrogen) atoms. The number of carbonyl (C=O) groups excluding carboxylic acids is 2. The zero-order chi connectivity index (χ0) is 26.1. The van der Waals surface area contributed by atoms with Gasteiger partial charge in [-0.3, -0.25) is 4.90 Å². The molecule has 1 aliphatic heterocycles. The SMILES string of the molecule is CC(C)(C)OC(=O)N1CCOc2cccc(c2)-c2cnn3ccc(nc23)N(C(=O)OC(C)(C)C)CC1. The first-order valence-corrected chi connectivity index (χ1v) is 12.0. The van der Waals surface area contributed by atoms with E-state index < -0.39 is 23.4 Å². The van der Waals surface area contributed by atoms with E-state index in [0.717, 1.165) is 11.1 Å². The molecule has 2 amide bonds. The van der Waals surface area contributed by atoms with Gasteiger partial charge in [0, 0.05) is 24.8 Å². The third-order valence-electron chi connectivity index (χ3n) is 5.27. The maximum Gasteiger partial charge on any atom is 0.416 e. The molecule has 0 fully saturated rings. The predicted octanol–water partition coefficient (Wildman–Crippen LogP) is 4.77. The van der Waals surface area contributed by atoms with Crippen LogP contribution in [0.1, 0.15) is 41.5 Å². The van der Waals surface area contributed by atoms with Crippen LogP contribution in [0.5, 0.6) is 5.75 Å². The largest absolute Gasteiger partial charge is 0.492 e. The van der Waals surface area contributed by atoms with E-state index in [1.165, 1.54) is 9.80 Å². The fourth-order valence-corrected chi connectivity index (χ4v) is 3.70. The van der Waals surface area contributed by atoms with Crippen LogP contribution in [0.2, 0.25) is 0 Å². The van der Waals surface area contributed by atoms with Crippen molar-refractivity contribution in [3.8, 4) is 16.9 Å². The van der Waals surface area contributed by atoms with Crippen molar-refractivity contribution in [2.75, 3.05) is 31.1 Å². The minimum absolute atomic E-state index is 0.145. The van der Waals surface area contributed by atoms with Gasteiger partial charge in [0.15, 0.2) is 5.65 Å². The number of anilines is 1. The maximum absolute atomic E-state index is 13.2. The Hall–Kier alpha value is -3.82. The Balaban J connectivity index is 1.77. The quantitative estimate of drug-likeness (QED) is 0.443. The van der Waals surface area contributed by atoms with Crippen molar-refractivity contribution in [3.63, 3.8) is 0 Å². The lowest BCUT2D eigenvalue weighted by Gasteiger charge is -2.31. The van der Waals surface area contributed by atoms with Crippen molar-refractivity contribution < 1.29 is 23.8 Å². The highest BCUT2D eigenvalue weighted by Crippen LogP contribution is 2.28. The lowest BCUT2D eigenvalue weighted by Crippen LogP contribution is -2.46. The van der Waals surface area contributed by atoms with Gasteiger partial charge >= 0.3 is 12.2 Å². The number of hydrogen-bond donors (Lipinski definition) is 0. The Labute approximate surface area is 210 Å². The summed E-state index contributed by atoms with van der Waals surface area (Å²) in [4.78, 5) is 34.0. The zero-order valence-electron chi connectivity index (χ0n) is 21.6. The summed E-state index contributed by atoms with van der Waals surface area (Å²) in [6.45, 7) is 11.7. The number of rotatable bonds is 0. The molecule has 0 saturated heterocycles. The van der Waals surface area contributed by atoms with Gasteiger partial charge in [0.1, 0.15) is 29.4 Å². The molecule has 192 valence electrons. The van der Waals surface area contributed by atoms with Gasteiger partial charge in [0.25, 0.3) is 0 Å². The van der Waals surface area contributed by atoms with Gasteiger partial charge in [-0.15, -0.1) is 0 Å². The number of ether oxygens (including phenoxy) is 3. The van der Waals surface area contributed by atoms with Gasteiger partial charge in [-0.1, -0.05) is 12.1 Å². The van der Waals surface area contributed by atoms with Crippen LogP contribution >= 0.6 is 0 Å². The number of hydrogen-bond acceptors (Lipinski definition) is 7. The topological polar surface area (TPSA) is 98.5 Å². The van der Waals surface area contributed by atoms with E-state index in [-0.39, 0.29) is 26.2 Å². The van der Waals surface area contributed by atoms with E-state index in [4.69, 9.17) is 19.2 Å². The first kappa shape index (κ1) is 25.3. The monoisotopic (exact) mass is 495 g/mol. The molecule has 0 aliphatic carbocycles. The summed E-state index contributed by atoms with van der Waals surface area (Å²) in [5.41, 5.74) is 0.887. The van der Waals surface area contributed by atoms with Crippen molar-refractivity contribution in [2.45, 2.75) is 52.7 Å². The highest BCUT2D eigenvalue weighted by atomic mass is 16.6. The van der Waals surface area contributed by atoms with Crippen LogP contribution in [0.25, 0.3) is 16.8 Å². The van der Waals surface area contributed by atoms with Crippen LogP contribution in [0, 0.1) is 0 Å². The van der Waals surface area contributed by atoms with Gasteiger partial charge in [-0.25, -0.2) is 19.1 Å². The third kappa shape index (κ3) is 6.05. The van der Waals surface area contributed by atoms with Crippen LogP contribution < -0.4 is 9.64 Å². The number of aromatic nitrogens is 3. The number of carbonyl (C=O) groups is 2. The number of benzene rings is 1. The molecular formula is C26H33N5O5. The molecule has 4 rings (SSSR count). The van der Waals surface area contributed by atoms with Crippen molar-refractivity contribution in [1.82, 2.24) is 19.5 Å². The van der Waals surface area contributed by atoms with Gasteiger partial charge in [-0.2, -0.15) is 5.10 Å². The van der Waals surface area contributed by atoms with Crippen LogP contribution in [-0.2, 0) is 9.47 Å². The smallest absolute Gasteiger partial charge is 0.416 e. The normalized spacial score (nSPS) is 14.8. The third-order valence-corrected chi connectivity index (χ3v) is 5.27. The fourth-order valence-electron chi connectivity index (χ4n) is 3.70. The van der Waals surface area contributed by atoms with Crippen molar-refractivity contribution in [3.05, 3.63) is 42.7 Å². The van der Waals surface area contributed by atoms with Crippen molar-refractivity contribution in [2.24, 2.45) is 0 Å². The van der Waals surface area contributed by atoms with E-state index >= 15 is 0 Å². The summed E-state index contributed by atoms with van der Waals surface area (Å²) in [6, 6.07) is 9.31. The van der Waals surface area contributed by atoms with E-state index in [1.54, 1.807) is 43.7 Å². The number of nitrogens with zero attached hydrogens (tertiary/aromatic N) is 5. The molecule has 4 bridgehead atoms. The molecule has 1 aromatic carbocycles. The molecule has 0 radical (unpaired) electrons. The van der Waals surface area contributed by atoms with E-state index in [9.17, 15) is 9.59 Å². The average Bonchev–Trinajstić information content (AvgIpc) is 3.19. The van der Waals surface area contributed by atoms with Crippen LogP contribution in [-0.4, -0.2) is 69.1 Å².